The molecule has 0 spiro atoms. The second-order valence-electron chi connectivity index (χ2n) is 4.91. The van der Waals surface area contributed by atoms with Crippen molar-refractivity contribution in [3.8, 4) is 0 Å². The highest BCUT2D eigenvalue weighted by Crippen LogP contribution is 2.26. The summed E-state index contributed by atoms with van der Waals surface area (Å²) in [5, 5.41) is 4.88. The van der Waals surface area contributed by atoms with E-state index < -0.39 is 0 Å². The molecule has 2 rings (SSSR count). The first-order valence-corrected chi connectivity index (χ1v) is 7.52. The summed E-state index contributed by atoms with van der Waals surface area (Å²) in [5.41, 5.74) is 8.38. The maximum absolute atomic E-state index is 6.21. The highest BCUT2D eigenvalue weighted by Gasteiger charge is 2.13. The Morgan fingerprint density at radius 1 is 1.32 bits per heavy atom. The molecule has 1 aromatic carbocycles. The second-order valence-corrected chi connectivity index (χ2v) is 5.76. The Hall–Kier alpha value is -0.540. The largest absolute Gasteiger partial charge is 0.329 e. The van der Waals surface area contributed by atoms with Crippen molar-refractivity contribution < 1.29 is 0 Å². The maximum Gasteiger partial charge on any atom is 0.0460 e. The smallest absolute Gasteiger partial charge is 0.0460 e. The summed E-state index contributed by atoms with van der Waals surface area (Å²) in [7, 11) is 0. The molecular formula is C15H20Cl2N2. The fraction of sp³-hybridized carbons (Fsp3) is 0.467. The van der Waals surface area contributed by atoms with Crippen LogP contribution in [-0.4, -0.2) is 13.1 Å². The number of hydrogen-bond donors (Lipinski definition) is 2. The average Bonchev–Trinajstić information content (AvgIpc) is 2.91. The summed E-state index contributed by atoms with van der Waals surface area (Å²) >= 11 is 12.2. The van der Waals surface area contributed by atoms with Crippen LogP contribution in [0, 0.1) is 0 Å². The third kappa shape index (κ3) is 4.22. The van der Waals surface area contributed by atoms with E-state index in [1.165, 1.54) is 19.3 Å². The Morgan fingerprint density at radius 2 is 2.16 bits per heavy atom. The van der Waals surface area contributed by atoms with Crippen molar-refractivity contribution >= 4 is 23.2 Å². The topological polar surface area (TPSA) is 38.0 Å². The first-order valence-electron chi connectivity index (χ1n) is 6.77. The monoisotopic (exact) mass is 298 g/mol. The van der Waals surface area contributed by atoms with Gasteiger partial charge >= 0.3 is 0 Å². The number of benzene rings is 1. The molecule has 0 aromatic heterocycles. The molecule has 0 fully saturated rings. The third-order valence-electron chi connectivity index (χ3n) is 3.54. The zero-order chi connectivity index (χ0) is 13.7. The van der Waals surface area contributed by atoms with E-state index in [9.17, 15) is 0 Å². The normalized spacial score (nSPS) is 16.5. The van der Waals surface area contributed by atoms with E-state index in [0.717, 1.165) is 18.5 Å². The predicted octanol–water partition coefficient (Wildman–Crippen LogP) is 4.08. The van der Waals surface area contributed by atoms with Crippen LogP contribution in [0.25, 0.3) is 0 Å². The van der Waals surface area contributed by atoms with E-state index in [2.05, 4.69) is 11.4 Å². The van der Waals surface area contributed by atoms with Gasteiger partial charge in [0.2, 0.25) is 0 Å². The lowest BCUT2D eigenvalue weighted by Gasteiger charge is -2.19. The molecule has 3 N–H and O–H groups in total. The van der Waals surface area contributed by atoms with Crippen molar-refractivity contribution in [2.45, 2.75) is 31.7 Å². The molecule has 1 atom stereocenters. The van der Waals surface area contributed by atoms with Gasteiger partial charge in [-0.1, -0.05) is 34.9 Å². The molecule has 1 unspecified atom stereocenters. The van der Waals surface area contributed by atoms with Crippen LogP contribution in [0.15, 0.2) is 29.8 Å². The lowest BCUT2D eigenvalue weighted by Crippen LogP contribution is -2.29. The highest BCUT2D eigenvalue weighted by molar-refractivity contribution is 6.33. The summed E-state index contributed by atoms with van der Waals surface area (Å²) in [6.45, 7) is 1.44. The molecule has 0 heterocycles. The van der Waals surface area contributed by atoms with Crippen LogP contribution in [0.4, 0.5) is 0 Å². The SMILES string of the molecule is NCC(NCCC1=CCCC1)c1cc(Cl)ccc1Cl. The van der Waals surface area contributed by atoms with Gasteiger partial charge in [0.25, 0.3) is 0 Å². The molecule has 1 aromatic rings. The van der Waals surface area contributed by atoms with Gasteiger partial charge in [0.05, 0.1) is 0 Å². The molecule has 4 heteroatoms. The molecule has 19 heavy (non-hydrogen) atoms. The lowest BCUT2D eigenvalue weighted by atomic mass is 10.1. The zero-order valence-corrected chi connectivity index (χ0v) is 12.5. The van der Waals surface area contributed by atoms with E-state index in [4.69, 9.17) is 28.9 Å². The number of allylic oxidation sites excluding steroid dienone is 1. The summed E-state index contributed by atoms with van der Waals surface area (Å²) in [5.74, 6) is 0. The van der Waals surface area contributed by atoms with Crippen LogP contribution in [0.2, 0.25) is 10.0 Å². The number of nitrogens with two attached hydrogens (primary N) is 1. The van der Waals surface area contributed by atoms with Gasteiger partial charge in [-0.25, -0.2) is 0 Å². The van der Waals surface area contributed by atoms with Crippen LogP contribution < -0.4 is 11.1 Å². The van der Waals surface area contributed by atoms with Crippen LogP contribution in [-0.2, 0) is 0 Å². The van der Waals surface area contributed by atoms with E-state index in [0.29, 0.717) is 16.6 Å². The van der Waals surface area contributed by atoms with Crippen LogP contribution in [0.1, 0.15) is 37.3 Å². The van der Waals surface area contributed by atoms with Crippen molar-refractivity contribution in [1.82, 2.24) is 5.32 Å². The minimum absolute atomic E-state index is 0.0632. The second kappa shape index (κ2) is 7.30. The number of halogens is 2. The van der Waals surface area contributed by atoms with E-state index in [-0.39, 0.29) is 6.04 Å². The van der Waals surface area contributed by atoms with Gasteiger partial charge in [0.15, 0.2) is 0 Å². The summed E-state index contributed by atoms with van der Waals surface area (Å²) in [6, 6.07) is 5.57. The molecule has 0 saturated heterocycles. The van der Waals surface area contributed by atoms with Gasteiger partial charge in [0, 0.05) is 22.6 Å². The van der Waals surface area contributed by atoms with Gasteiger partial charge < -0.3 is 11.1 Å². The van der Waals surface area contributed by atoms with Crippen LogP contribution >= 0.6 is 23.2 Å². The first-order chi connectivity index (χ1) is 9.20. The number of rotatable bonds is 6. The fourth-order valence-corrected chi connectivity index (χ4v) is 2.90. The van der Waals surface area contributed by atoms with Crippen LogP contribution in [0.5, 0.6) is 0 Å². The molecule has 0 saturated carbocycles. The Kier molecular flexibility index (Phi) is 5.71. The molecule has 0 bridgehead atoms. The minimum Gasteiger partial charge on any atom is -0.329 e. The Morgan fingerprint density at radius 3 is 2.84 bits per heavy atom. The van der Waals surface area contributed by atoms with E-state index in [1.807, 2.05) is 12.1 Å². The van der Waals surface area contributed by atoms with Crippen molar-refractivity contribution in [2.24, 2.45) is 5.73 Å². The minimum atomic E-state index is 0.0632. The summed E-state index contributed by atoms with van der Waals surface area (Å²) in [4.78, 5) is 0. The molecule has 0 radical (unpaired) electrons. The average molecular weight is 299 g/mol. The van der Waals surface area contributed by atoms with Gasteiger partial charge in [0.1, 0.15) is 0 Å². The molecule has 1 aliphatic rings. The molecular weight excluding hydrogens is 279 g/mol. The number of nitrogens with one attached hydrogen (secondary N) is 1. The van der Waals surface area contributed by atoms with E-state index in [1.54, 1.807) is 11.6 Å². The standard InChI is InChI=1S/C15H20Cl2N2/c16-12-5-6-14(17)13(9-12)15(10-18)19-8-7-11-3-1-2-4-11/h3,5-6,9,15,19H,1-2,4,7-8,10,18H2. The Labute approximate surface area is 125 Å². The predicted molar refractivity (Wildman–Crippen MR) is 82.8 cm³/mol. The van der Waals surface area contributed by atoms with Gasteiger partial charge in [-0.05, 0) is 56.0 Å². The number of hydrogen-bond acceptors (Lipinski definition) is 2. The lowest BCUT2D eigenvalue weighted by molar-refractivity contribution is 0.542. The molecule has 2 nitrogen and oxygen atoms in total. The van der Waals surface area contributed by atoms with Crippen LogP contribution in [0.3, 0.4) is 0 Å². The first kappa shape index (κ1) is 14.9. The van der Waals surface area contributed by atoms with Crippen molar-refractivity contribution in [2.75, 3.05) is 13.1 Å². The van der Waals surface area contributed by atoms with Crippen molar-refractivity contribution in [1.29, 1.82) is 0 Å². The quantitative estimate of drug-likeness (QED) is 0.777. The zero-order valence-electron chi connectivity index (χ0n) is 11.0. The molecule has 0 aliphatic heterocycles. The Bertz CT molecular complexity index is 457. The van der Waals surface area contributed by atoms with Gasteiger partial charge in [-0.15, -0.1) is 0 Å². The Balaban J connectivity index is 1.93. The highest BCUT2D eigenvalue weighted by atomic mass is 35.5. The van der Waals surface area contributed by atoms with Crippen molar-refractivity contribution in [3.63, 3.8) is 0 Å². The van der Waals surface area contributed by atoms with E-state index >= 15 is 0 Å². The molecule has 0 amide bonds. The van der Waals surface area contributed by atoms with Gasteiger partial charge in [-0.3, -0.25) is 0 Å². The molecule has 1 aliphatic carbocycles. The third-order valence-corrected chi connectivity index (χ3v) is 4.12. The fourth-order valence-electron chi connectivity index (χ4n) is 2.47. The summed E-state index contributed by atoms with van der Waals surface area (Å²) < 4.78 is 0. The summed E-state index contributed by atoms with van der Waals surface area (Å²) in [6.07, 6.45) is 7.22. The maximum atomic E-state index is 6.21. The van der Waals surface area contributed by atoms with Crippen molar-refractivity contribution in [3.05, 3.63) is 45.5 Å². The molecule has 104 valence electrons. The van der Waals surface area contributed by atoms with Gasteiger partial charge in [-0.2, -0.15) is 0 Å².